The molecule has 0 aromatic heterocycles. The normalized spacial score (nSPS) is 18.9. The summed E-state index contributed by atoms with van der Waals surface area (Å²) in [6, 6.07) is 6.36. The Bertz CT molecular complexity index is 373. The Hall–Kier alpha value is -1.22. The minimum absolute atomic E-state index is 0.849. The maximum absolute atomic E-state index is 5.34. The van der Waals surface area contributed by atoms with Gasteiger partial charge in [0.15, 0.2) is 0 Å². The van der Waals surface area contributed by atoms with Gasteiger partial charge in [0.05, 0.1) is 7.11 Å². The third-order valence-electron chi connectivity index (χ3n) is 3.71. The highest BCUT2D eigenvalue weighted by molar-refractivity contribution is 5.51. The molecular formula is C15H24N2O. The van der Waals surface area contributed by atoms with Gasteiger partial charge in [0.1, 0.15) is 5.75 Å². The van der Waals surface area contributed by atoms with Crippen molar-refractivity contribution in [3.05, 3.63) is 23.8 Å². The first-order valence-electron chi connectivity index (χ1n) is 6.95. The number of hydrogen-bond acceptors (Lipinski definition) is 3. The van der Waals surface area contributed by atoms with Gasteiger partial charge in [-0.1, -0.05) is 6.92 Å². The van der Waals surface area contributed by atoms with Gasteiger partial charge in [-0.25, -0.2) is 0 Å². The van der Waals surface area contributed by atoms with E-state index in [1.165, 1.54) is 37.2 Å². The summed E-state index contributed by atoms with van der Waals surface area (Å²) < 4.78 is 5.34. The SMILES string of the molecule is CCc1cc(NCCC2CCNC2)ccc1OC. The molecule has 18 heavy (non-hydrogen) atoms. The number of ether oxygens (including phenoxy) is 1. The first-order chi connectivity index (χ1) is 8.83. The van der Waals surface area contributed by atoms with Crippen LogP contribution in [0.2, 0.25) is 0 Å². The number of anilines is 1. The van der Waals surface area contributed by atoms with Crippen LogP contribution in [0.3, 0.4) is 0 Å². The van der Waals surface area contributed by atoms with Crippen LogP contribution in [0.5, 0.6) is 5.75 Å². The summed E-state index contributed by atoms with van der Waals surface area (Å²) in [5.41, 5.74) is 2.48. The minimum Gasteiger partial charge on any atom is -0.496 e. The first kappa shape index (κ1) is 13.2. The maximum Gasteiger partial charge on any atom is 0.122 e. The lowest BCUT2D eigenvalue weighted by molar-refractivity contribution is 0.410. The highest BCUT2D eigenvalue weighted by atomic mass is 16.5. The number of methoxy groups -OCH3 is 1. The molecule has 1 atom stereocenters. The zero-order valence-electron chi connectivity index (χ0n) is 11.5. The van der Waals surface area contributed by atoms with Crippen molar-refractivity contribution < 1.29 is 4.74 Å². The van der Waals surface area contributed by atoms with E-state index in [4.69, 9.17) is 4.74 Å². The third kappa shape index (κ3) is 3.39. The zero-order chi connectivity index (χ0) is 12.8. The van der Waals surface area contributed by atoms with Crippen molar-refractivity contribution in [2.45, 2.75) is 26.2 Å². The van der Waals surface area contributed by atoms with E-state index in [-0.39, 0.29) is 0 Å². The van der Waals surface area contributed by atoms with Crippen molar-refractivity contribution in [2.75, 3.05) is 32.1 Å². The molecule has 1 unspecified atom stereocenters. The molecule has 3 heteroatoms. The Morgan fingerprint density at radius 1 is 1.44 bits per heavy atom. The number of nitrogens with one attached hydrogen (secondary N) is 2. The van der Waals surface area contributed by atoms with Crippen LogP contribution in [0.15, 0.2) is 18.2 Å². The largest absolute Gasteiger partial charge is 0.496 e. The van der Waals surface area contributed by atoms with Gasteiger partial charge < -0.3 is 15.4 Å². The van der Waals surface area contributed by atoms with Gasteiger partial charge in [0.2, 0.25) is 0 Å². The summed E-state index contributed by atoms with van der Waals surface area (Å²) in [7, 11) is 1.73. The Labute approximate surface area is 110 Å². The second-order valence-corrected chi connectivity index (χ2v) is 4.95. The molecule has 1 saturated heterocycles. The molecule has 0 amide bonds. The van der Waals surface area contributed by atoms with E-state index in [1.807, 2.05) is 0 Å². The number of hydrogen-bond donors (Lipinski definition) is 2. The summed E-state index contributed by atoms with van der Waals surface area (Å²) >= 11 is 0. The molecule has 2 rings (SSSR count). The molecule has 100 valence electrons. The molecule has 1 fully saturated rings. The highest BCUT2D eigenvalue weighted by Gasteiger charge is 2.13. The second kappa shape index (κ2) is 6.64. The Balaban J connectivity index is 1.84. The van der Waals surface area contributed by atoms with E-state index < -0.39 is 0 Å². The molecule has 0 bridgehead atoms. The fraction of sp³-hybridized carbons (Fsp3) is 0.600. The fourth-order valence-corrected chi connectivity index (χ4v) is 2.55. The van der Waals surface area contributed by atoms with Gasteiger partial charge in [-0.3, -0.25) is 0 Å². The van der Waals surface area contributed by atoms with E-state index in [9.17, 15) is 0 Å². The van der Waals surface area contributed by atoms with Crippen molar-refractivity contribution in [1.29, 1.82) is 0 Å². The van der Waals surface area contributed by atoms with E-state index in [1.54, 1.807) is 7.11 Å². The molecule has 0 saturated carbocycles. The van der Waals surface area contributed by atoms with Crippen LogP contribution >= 0.6 is 0 Å². The van der Waals surface area contributed by atoms with Crippen LogP contribution in [-0.4, -0.2) is 26.7 Å². The molecule has 0 spiro atoms. The monoisotopic (exact) mass is 248 g/mol. The van der Waals surface area contributed by atoms with Gasteiger partial charge >= 0.3 is 0 Å². The topological polar surface area (TPSA) is 33.3 Å². The van der Waals surface area contributed by atoms with E-state index in [0.717, 1.165) is 24.6 Å². The van der Waals surface area contributed by atoms with Crippen LogP contribution in [0.4, 0.5) is 5.69 Å². The van der Waals surface area contributed by atoms with E-state index >= 15 is 0 Å². The number of rotatable bonds is 6. The number of benzene rings is 1. The van der Waals surface area contributed by atoms with Crippen LogP contribution in [0, 0.1) is 5.92 Å². The molecule has 0 aliphatic carbocycles. The van der Waals surface area contributed by atoms with Crippen molar-refractivity contribution in [2.24, 2.45) is 5.92 Å². The Kier molecular flexibility index (Phi) is 4.88. The van der Waals surface area contributed by atoms with Gasteiger partial charge in [0, 0.05) is 12.2 Å². The van der Waals surface area contributed by atoms with Crippen molar-refractivity contribution >= 4 is 5.69 Å². The number of aryl methyl sites for hydroxylation is 1. The van der Waals surface area contributed by atoms with Crippen LogP contribution in [0.1, 0.15) is 25.3 Å². The Morgan fingerprint density at radius 3 is 3.00 bits per heavy atom. The summed E-state index contributed by atoms with van der Waals surface area (Å²) in [6.07, 6.45) is 3.58. The lowest BCUT2D eigenvalue weighted by Crippen LogP contribution is -2.12. The summed E-state index contributed by atoms with van der Waals surface area (Å²) in [5.74, 6) is 1.84. The molecule has 2 N–H and O–H groups in total. The summed E-state index contributed by atoms with van der Waals surface area (Å²) in [6.45, 7) is 5.59. The smallest absolute Gasteiger partial charge is 0.122 e. The van der Waals surface area contributed by atoms with Gasteiger partial charge in [-0.15, -0.1) is 0 Å². The summed E-state index contributed by atoms with van der Waals surface area (Å²) in [4.78, 5) is 0. The highest BCUT2D eigenvalue weighted by Crippen LogP contribution is 2.23. The van der Waals surface area contributed by atoms with E-state index in [2.05, 4.69) is 35.8 Å². The predicted molar refractivity (Wildman–Crippen MR) is 76.5 cm³/mol. The molecule has 1 aliphatic heterocycles. The zero-order valence-corrected chi connectivity index (χ0v) is 11.5. The molecule has 3 nitrogen and oxygen atoms in total. The first-order valence-corrected chi connectivity index (χ1v) is 6.95. The van der Waals surface area contributed by atoms with Crippen molar-refractivity contribution in [3.8, 4) is 5.75 Å². The minimum atomic E-state index is 0.849. The fourth-order valence-electron chi connectivity index (χ4n) is 2.55. The summed E-state index contributed by atoms with van der Waals surface area (Å²) in [5, 5.41) is 6.92. The van der Waals surface area contributed by atoms with Crippen molar-refractivity contribution in [1.82, 2.24) is 5.32 Å². The van der Waals surface area contributed by atoms with Crippen LogP contribution in [0.25, 0.3) is 0 Å². The third-order valence-corrected chi connectivity index (χ3v) is 3.71. The molecular weight excluding hydrogens is 224 g/mol. The average Bonchev–Trinajstić information content (AvgIpc) is 2.91. The lowest BCUT2D eigenvalue weighted by Gasteiger charge is -2.13. The quantitative estimate of drug-likeness (QED) is 0.812. The average molecular weight is 248 g/mol. The lowest BCUT2D eigenvalue weighted by atomic mass is 10.1. The standard InChI is InChI=1S/C15H24N2O/c1-3-13-10-14(4-5-15(13)18-2)17-9-7-12-6-8-16-11-12/h4-5,10,12,16-17H,3,6-9,11H2,1-2H3. The van der Waals surface area contributed by atoms with Crippen LogP contribution in [-0.2, 0) is 6.42 Å². The van der Waals surface area contributed by atoms with Gasteiger partial charge in [-0.05, 0) is 62.0 Å². The molecule has 1 aromatic carbocycles. The molecule has 1 aliphatic rings. The maximum atomic E-state index is 5.34. The molecule has 1 heterocycles. The van der Waals surface area contributed by atoms with Crippen LogP contribution < -0.4 is 15.4 Å². The molecule has 0 radical (unpaired) electrons. The van der Waals surface area contributed by atoms with Gasteiger partial charge in [-0.2, -0.15) is 0 Å². The van der Waals surface area contributed by atoms with Gasteiger partial charge in [0.25, 0.3) is 0 Å². The second-order valence-electron chi connectivity index (χ2n) is 4.95. The molecule has 1 aromatic rings. The predicted octanol–water partition coefficient (Wildman–Crippen LogP) is 2.67. The van der Waals surface area contributed by atoms with Crippen molar-refractivity contribution in [3.63, 3.8) is 0 Å². The Morgan fingerprint density at radius 2 is 2.33 bits per heavy atom. The van der Waals surface area contributed by atoms with E-state index in [0.29, 0.717) is 0 Å².